The van der Waals surface area contributed by atoms with E-state index in [0.717, 1.165) is 24.8 Å². The molecule has 0 atom stereocenters. The van der Waals surface area contributed by atoms with Crippen molar-refractivity contribution in [3.63, 3.8) is 0 Å². The summed E-state index contributed by atoms with van der Waals surface area (Å²) in [7, 11) is 3.09. The highest BCUT2D eigenvalue weighted by Gasteiger charge is 2.46. The fourth-order valence-corrected chi connectivity index (χ4v) is 3.89. The second kappa shape index (κ2) is 6.78. The van der Waals surface area contributed by atoms with Gasteiger partial charge in [-0.05, 0) is 30.9 Å². The van der Waals surface area contributed by atoms with Crippen molar-refractivity contribution in [3.8, 4) is 11.5 Å². The normalized spacial score (nSPS) is 17.1. The number of halogens is 1. The predicted molar refractivity (Wildman–Crippen MR) is 86.3 cm³/mol. The Morgan fingerprint density at radius 2 is 1.91 bits per heavy atom. The van der Waals surface area contributed by atoms with Gasteiger partial charge in [0.15, 0.2) is 11.5 Å². The van der Waals surface area contributed by atoms with E-state index in [1.165, 1.54) is 7.11 Å². The van der Waals surface area contributed by atoms with E-state index in [-0.39, 0.29) is 0 Å². The van der Waals surface area contributed by atoms with Crippen molar-refractivity contribution in [1.82, 2.24) is 0 Å². The molecule has 1 fully saturated rings. The smallest absolute Gasteiger partial charge is 0.314 e. The Kier molecular flexibility index (Phi) is 5.22. The number of aliphatic carboxylic acids is 1. The van der Waals surface area contributed by atoms with Crippen LogP contribution in [0.1, 0.15) is 50.2 Å². The molecule has 0 heterocycles. The Morgan fingerprint density at radius 3 is 2.36 bits per heavy atom. The molecule has 2 rings (SSSR count). The molecule has 0 radical (unpaired) electrons. The molecule has 0 aromatic heterocycles. The van der Waals surface area contributed by atoms with E-state index in [4.69, 9.17) is 21.1 Å². The maximum atomic E-state index is 12.1. The van der Waals surface area contributed by atoms with Crippen LogP contribution < -0.4 is 9.47 Å². The first-order chi connectivity index (χ1) is 10.5. The Labute approximate surface area is 136 Å². The monoisotopic (exact) mass is 326 g/mol. The lowest BCUT2D eigenvalue weighted by molar-refractivity contribution is -0.145. The lowest BCUT2D eigenvalue weighted by atomic mass is 9.68. The van der Waals surface area contributed by atoms with E-state index in [0.29, 0.717) is 41.3 Å². The van der Waals surface area contributed by atoms with Crippen LogP contribution in [0.5, 0.6) is 11.5 Å². The lowest BCUT2D eigenvalue weighted by Crippen LogP contribution is -2.38. The third kappa shape index (κ3) is 2.65. The van der Waals surface area contributed by atoms with Gasteiger partial charge in [-0.25, -0.2) is 0 Å². The van der Waals surface area contributed by atoms with Crippen LogP contribution >= 0.6 is 11.6 Å². The van der Waals surface area contributed by atoms with Crippen molar-refractivity contribution in [2.75, 3.05) is 14.2 Å². The van der Waals surface area contributed by atoms with Crippen molar-refractivity contribution < 1.29 is 19.4 Å². The topological polar surface area (TPSA) is 55.8 Å². The van der Waals surface area contributed by atoms with Crippen molar-refractivity contribution in [1.29, 1.82) is 0 Å². The number of rotatable bonds is 5. The molecule has 1 aliphatic rings. The molecule has 1 aliphatic carbocycles. The quantitative estimate of drug-likeness (QED) is 0.880. The zero-order valence-corrected chi connectivity index (χ0v) is 14.1. The SMILES string of the molecule is CCc1cc(OC)c(OC)c(C2(C(=O)O)CCCCC2)c1Cl. The van der Waals surface area contributed by atoms with Crippen LogP contribution in [-0.2, 0) is 16.6 Å². The molecule has 0 bridgehead atoms. The number of carbonyl (C=O) groups is 1. The molecule has 1 aromatic rings. The number of methoxy groups -OCH3 is 2. The molecule has 22 heavy (non-hydrogen) atoms. The molecular weight excluding hydrogens is 304 g/mol. The number of ether oxygens (including phenoxy) is 2. The van der Waals surface area contributed by atoms with Crippen LogP contribution in [-0.4, -0.2) is 25.3 Å². The highest BCUT2D eigenvalue weighted by atomic mass is 35.5. The summed E-state index contributed by atoms with van der Waals surface area (Å²) in [6.07, 6.45) is 4.68. The van der Waals surface area contributed by atoms with Crippen LogP contribution in [0.25, 0.3) is 0 Å². The van der Waals surface area contributed by atoms with E-state index in [2.05, 4.69) is 0 Å². The second-order valence-corrected chi connectivity index (χ2v) is 6.14. The van der Waals surface area contributed by atoms with Crippen LogP contribution in [0.3, 0.4) is 0 Å². The van der Waals surface area contributed by atoms with E-state index in [1.807, 2.05) is 13.0 Å². The van der Waals surface area contributed by atoms with Gasteiger partial charge in [0.1, 0.15) is 0 Å². The van der Waals surface area contributed by atoms with Crippen LogP contribution in [0.4, 0.5) is 0 Å². The third-order valence-electron chi connectivity index (χ3n) is 4.66. The van der Waals surface area contributed by atoms with Crippen LogP contribution in [0, 0.1) is 0 Å². The largest absolute Gasteiger partial charge is 0.493 e. The molecule has 122 valence electrons. The van der Waals surface area contributed by atoms with Gasteiger partial charge in [0.2, 0.25) is 0 Å². The molecule has 0 spiro atoms. The molecule has 0 aliphatic heterocycles. The van der Waals surface area contributed by atoms with Gasteiger partial charge in [0, 0.05) is 5.56 Å². The fraction of sp³-hybridized carbons (Fsp3) is 0.588. The summed E-state index contributed by atoms with van der Waals surface area (Å²) in [5, 5.41) is 10.5. The molecular formula is C17H23ClO4. The zero-order chi connectivity index (χ0) is 16.3. The van der Waals surface area contributed by atoms with Gasteiger partial charge in [-0.2, -0.15) is 0 Å². The van der Waals surface area contributed by atoms with Gasteiger partial charge in [0.05, 0.1) is 24.7 Å². The first-order valence-electron chi connectivity index (χ1n) is 7.69. The minimum atomic E-state index is -0.987. The Balaban J connectivity index is 2.77. The minimum absolute atomic E-state index is 0.453. The number of benzene rings is 1. The Hall–Kier alpha value is -1.42. The molecule has 0 unspecified atom stereocenters. The van der Waals surface area contributed by atoms with Crippen molar-refractivity contribution in [2.24, 2.45) is 0 Å². The number of hydrogen-bond acceptors (Lipinski definition) is 3. The average Bonchev–Trinajstić information content (AvgIpc) is 2.54. The highest BCUT2D eigenvalue weighted by molar-refractivity contribution is 6.33. The lowest BCUT2D eigenvalue weighted by Gasteiger charge is -2.36. The molecule has 1 saturated carbocycles. The number of aryl methyl sites for hydroxylation is 1. The Morgan fingerprint density at radius 1 is 1.27 bits per heavy atom. The molecule has 4 nitrogen and oxygen atoms in total. The number of carboxylic acids is 1. The molecule has 0 amide bonds. The zero-order valence-electron chi connectivity index (χ0n) is 13.4. The maximum Gasteiger partial charge on any atom is 0.314 e. The summed E-state index contributed by atoms with van der Waals surface area (Å²) < 4.78 is 10.9. The third-order valence-corrected chi connectivity index (χ3v) is 5.09. The molecule has 1 N–H and O–H groups in total. The number of hydrogen-bond donors (Lipinski definition) is 1. The van der Waals surface area contributed by atoms with Crippen molar-refractivity contribution in [3.05, 3.63) is 22.2 Å². The summed E-state index contributed by atoms with van der Waals surface area (Å²) in [4.78, 5) is 12.1. The van der Waals surface area contributed by atoms with Gasteiger partial charge in [-0.15, -0.1) is 0 Å². The first kappa shape index (κ1) is 16.9. The van der Waals surface area contributed by atoms with Gasteiger partial charge in [0.25, 0.3) is 0 Å². The van der Waals surface area contributed by atoms with Crippen molar-refractivity contribution >= 4 is 17.6 Å². The highest BCUT2D eigenvalue weighted by Crippen LogP contribution is 2.51. The van der Waals surface area contributed by atoms with Gasteiger partial charge >= 0.3 is 5.97 Å². The van der Waals surface area contributed by atoms with E-state index >= 15 is 0 Å². The summed E-state index contributed by atoms with van der Waals surface area (Å²) in [6.45, 7) is 1.99. The predicted octanol–water partition coefficient (Wildman–Crippen LogP) is 4.21. The summed E-state index contributed by atoms with van der Waals surface area (Å²) in [6, 6.07) is 1.84. The van der Waals surface area contributed by atoms with Gasteiger partial charge in [-0.3, -0.25) is 4.79 Å². The number of carboxylic acid groups (broad SMARTS) is 1. The summed E-state index contributed by atoms with van der Waals surface area (Å²) in [5.74, 6) is 0.168. The molecule has 1 aromatic carbocycles. The molecule has 5 heteroatoms. The first-order valence-corrected chi connectivity index (χ1v) is 8.06. The van der Waals surface area contributed by atoms with E-state index in [1.54, 1.807) is 7.11 Å². The summed E-state index contributed by atoms with van der Waals surface area (Å²) >= 11 is 6.59. The van der Waals surface area contributed by atoms with Gasteiger partial charge in [-0.1, -0.05) is 37.8 Å². The van der Waals surface area contributed by atoms with E-state index in [9.17, 15) is 9.90 Å². The average molecular weight is 327 g/mol. The van der Waals surface area contributed by atoms with Crippen LogP contribution in [0.2, 0.25) is 5.02 Å². The second-order valence-electron chi connectivity index (χ2n) is 5.76. The fourth-order valence-electron chi connectivity index (χ4n) is 3.44. The molecule has 0 saturated heterocycles. The van der Waals surface area contributed by atoms with Gasteiger partial charge < -0.3 is 14.6 Å². The maximum absolute atomic E-state index is 12.1. The minimum Gasteiger partial charge on any atom is -0.493 e. The van der Waals surface area contributed by atoms with E-state index < -0.39 is 11.4 Å². The van der Waals surface area contributed by atoms with Crippen molar-refractivity contribution in [2.45, 2.75) is 50.9 Å². The Bertz CT molecular complexity index is 562. The standard InChI is InChI=1S/C17H23ClO4/c1-4-11-10-12(21-2)15(22-3)13(14(11)18)17(16(19)20)8-6-5-7-9-17/h10H,4-9H2,1-3H3,(H,19,20). The summed E-state index contributed by atoms with van der Waals surface area (Å²) in [5.41, 5.74) is 0.486. The van der Waals surface area contributed by atoms with Crippen LogP contribution in [0.15, 0.2) is 6.07 Å².